The van der Waals surface area contributed by atoms with E-state index in [4.69, 9.17) is 11.6 Å². The second kappa shape index (κ2) is 6.87. The number of benzene rings is 2. The molecule has 106 valence electrons. The SMILES string of the molecule is CCC(N[C@H](C)c1ccccc1Cl)c1cccc(F)c1. The fourth-order valence-corrected chi connectivity index (χ4v) is 2.69. The van der Waals surface area contributed by atoms with Crippen LogP contribution in [0.2, 0.25) is 5.02 Å². The van der Waals surface area contributed by atoms with E-state index in [1.165, 1.54) is 6.07 Å². The molecule has 0 heterocycles. The Bertz CT molecular complexity index is 570. The molecule has 0 radical (unpaired) electrons. The first-order valence-corrected chi connectivity index (χ1v) is 7.25. The van der Waals surface area contributed by atoms with Gasteiger partial charge in [-0.25, -0.2) is 4.39 Å². The van der Waals surface area contributed by atoms with Gasteiger partial charge in [-0.15, -0.1) is 0 Å². The van der Waals surface area contributed by atoms with E-state index in [1.807, 2.05) is 30.3 Å². The van der Waals surface area contributed by atoms with Crippen molar-refractivity contribution in [2.24, 2.45) is 0 Å². The highest BCUT2D eigenvalue weighted by atomic mass is 35.5. The van der Waals surface area contributed by atoms with Gasteiger partial charge in [0.15, 0.2) is 0 Å². The van der Waals surface area contributed by atoms with Crippen molar-refractivity contribution in [3.63, 3.8) is 0 Å². The van der Waals surface area contributed by atoms with Gasteiger partial charge >= 0.3 is 0 Å². The van der Waals surface area contributed by atoms with Crippen LogP contribution in [0.25, 0.3) is 0 Å². The summed E-state index contributed by atoms with van der Waals surface area (Å²) in [5.41, 5.74) is 2.02. The van der Waals surface area contributed by atoms with Crippen LogP contribution >= 0.6 is 11.6 Å². The lowest BCUT2D eigenvalue weighted by Crippen LogP contribution is -2.24. The predicted octanol–water partition coefficient (Wildman–Crippen LogP) is 5.28. The Morgan fingerprint density at radius 2 is 1.90 bits per heavy atom. The first-order chi connectivity index (χ1) is 9.61. The Balaban J connectivity index is 2.16. The summed E-state index contributed by atoms with van der Waals surface area (Å²) in [6, 6.07) is 14.8. The second-order valence-electron chi connectivity index (χ2n) is 4.93. The average molecular weight is 292 g/mol. The summed E-state index contributed by atoms with van der Waals surface area (Å²) in [5, 5.41) is 4.27. The molecule has 1 unspecified atom stereocenters. The summed E-state index contributed by atoms with van der Waals surface area (Å²) in [7, 11) is 0. The lowest BCUT2D eigenvalue weighted by Gasteiger charge is -2.23. The number of rotatable bonds is 5. The lowest BCUT2D eigenvalue weighted by atomic mass is 10.0. The van der Waals surface area contributed by atoms with Crippen molar-refractivity contribution in [2.45, 2.75) is 32.4 Å². The standard InChI is InChI=1S/C17H19ClFN/c1-3-17(13-7-6-8-14(19)11-13)20-12(2)15-9-4-5-10-16(15)18/h4-12,17,20H,3H2,1-2H3/t12-,17?/m1/s1. The van der Waals surface area contributed by atoms with Gasteiger partial charge in [-0.2, -0.15) is 0 Å². The summed E-state index contributed by atoms with van der Waals surface area (Å²) in [6.07, 6.45) is 0.887. The molecule has 0 spiro atoms. The smallest absolute Gasteiger partial charge is 0.123 e. The summed E-state index contributed by atoms with van der Waals surface area (Å²) in [4.78, 5) is 0. The maximum Gasteiger partial charge on any atom is 0.123 e. The van der Waals surface area contributed by atoms with Crippen LogP contribution in [-0.2, 0) is 0 Å². The molecule has 0 fully saturated rings. The molecule has 2 rings (SSSR count). The fraction of sp³-hybridized carbons (Fsp3) is 0.294. The molecule has 2 atom stereocenters. The van der Waals surface area contributed by atoms with Gasteiger partial charge in [0.05, 0.1) is 0 Å². The van der Waals surface area contributed by atoms with E-state index < -0.39 is 0 Å². The Morgan fingerprint density at radius 1 is 1.15 bits per heavy atom. The second-order valence-corrected chi connectivity index (χ2v) is 5.33. The summed E-state index contributed by atoms with van der Waals surface area (Å²) in [6.45, 7) is 4.16. The Morgan fingerprint density at radius 3 is 2.55 bits per heavy atom. The molecule has 0 bridgehead atoms. The number of nitrogens with one attached hydrogen (secondary N) is 1. The minimum absolute atomic E-state index is 0.108. The number of halogens is 2. The molecule has 1 N–H and O–H groups in total. The molecule has 20 heavy (non-hydrogen) atoms. The van der Waals surface area contributed by atoms with Gasteiger partial charge in [0, 0.05) is 17.1 Å². The van der Waals surface area contributed by atoms with Gasteiger partial charge < -0.3 is 5.32 Å². The lowest BCUT2D eigenvalue weighted by molar-refractivity contribution is 0.454. The van der Waals surface area contributed by atoms with Crippen LogP contribution in [-0.4, -0.2) is 0 Å². The molecule has 0 aromatic heterocycles. The molecule has 0 aliphatic rings. The molecule has 0 aliphatic heterocycles. The van der Waals surface area contributed by atoms with Crippen molar-refractivity contribution >= 4 is 11.6 Å². The average Bonchev–Trinajstić information content (AvgIpc) is 2.45. The van der Waals surface area contributed by atoms with Crippen LogP contribution < -0.4 is 5.32 Å². The largest absolute Gasteiger partial charge is 0.303 e. The molecule has 0 aliphatic carbocycles. The zero-order valence-corrected chi connectivity index (χ0v) is 12.5. The summed E-state index contributed by atoms with van der Waals surface area (Å²) in [5.74, 6) is -0.201. The Hall–Kier alpha value is -1.38. The predicted molar refractivity (Wildman–Crippen MR) is 82.4 cm³/mol. The van der Waals surface area contributed by atoms with Crippen LogP contribution in [0.15, 0.2) is 48.5 Å². The van der Waals surface area contributed by atoms with Gasteiger partial charge in [-0.05, 0) is 42.7 Å². The molecule has 1 nitrogen and oxygen atoms in total. The first-order valence-electron chi connectivity index (χ1n) is 6.87. The zero-order chi connectivity index (χ0) is 14.5. The van der Waals surface area contributed by atoms with E-state index in [2.05, 4.69) is 19.2 Å². The molecular weight excluding hydrogens is 273 g/mol. The van der Waals surface area contributed by atoms with Crippen molar-refractivity contribution in [1.29, 1.82) is 0 Å². The zero-order valence-electron chi connectivity index (χ0n) is 11.7. The molecule has 0 saturated carbocycles. The Labute approximate surface area is 124 Å². The number of hydrogen-bond donors (Lipinski definition) is 1. The quantitative estimate of drug-likeness (QED) is 0.790. The highest BCUT2D eigenvalue weighted by Crippen LogP contribution is 2.26. The van der Waals surface area contributed by atoms with Crippen LogP contribution in [0.4, 0.5) is 4.39 Å². The molecule has 0 saturated heterocycles. The normalized spacial score (nSPS) is 14.0. The van der Waals surface area contributed by atoms with Gasteiger partial charge in [-0.3, -0.25) is 0 Å². The van der Waals surface area contributed by atoms with Crippen LogP contribution in [0.5, 0.6) is 0 Å². The highest BCUT2D eigenvalue weighted by Gasteiger charge is 2.15. The maximum absolute atomic E-state index is 13.3. The van der Waals surface area contributed by atoms with Crippen molar-refractivity contribution in [2.75, 3.05) is 0 Å². The van der Waals surface area contributed by atoms with Gasteiger partial charge in [0.1, 0.15) is 5.82 Å². The maximum atomic E-state index is 13.3. The van der Waals surface area contributed by atoms with Gasteiger partial charge in [-0.1, -0.05) is 48.9 Å². The van der Waals surface area contributed by atoms with Crippen molar-refractivity contribution in [3.05, 3.63) is 70.5 Å². The van der Waals surface area contributed by atoms with E-state index in [0.717, 1.165) is 22.6 Å². The first kappa shape index (κ1) is 15.0. The van der Waals surface area contributed by atoms with Crippen LogP contribution in [0.3, 0.4) is 0 Å². The number of hydrogen-bond acceptors (Lipinski definition) is 1. The van der Waals surface area contributed by atoms with Gasteiger partial charge in [0.2, 0.25) is 0 Å². The molecule has 0 amide bonds. The third-order valence-electron chi connectivity index (χ3n) is 3.48. The van der Waals surface area contributed by atoms with Crippen LogP contribution in [0.1, 0.15) is 43.5 Å². The van der Waals surface area contributed by atoms with Crippen LogP contribution in [0, 0.1) is 5.82 Å². The van der Waals surface area contributed by atoms with Gasteiger partial charge in [0.25, 0.3) is 0 Å². The molecule has 2 aromatic carbocycles. The van der Waals surface area contributed by atoms with E-state index in [-0.39, 0.29) is 17.9 Å². The fourth-order valence-electron chi connectivity index (χ4n) is 2.39. The van der Waals surface area contributed by atoms with E-state index >= 15 is 0 Å². The van der Waals surface area contributed by atoms with Crippen molar-refractivity contribution in [1.82, 2.24) is 5.32 Å². The van der Waals surface area contributed by atoms with E-state index in [0.29, 0.717) is 0 Å². The third kappa shape index (κ3) is 3.59. The molecule has 2 aromatic rings. The third-order valence-corrected chi connectivity index (χ3v) is 3.83. The topological polar surface area (TPSA) is 12.0 Å². The van der Waals surface area contributed by atoms with Crippen molar-refractivity contribution < 1.29 is 4.39 Å². The Kier molecular flexibility index (Phi) is 5.16. The summed E-state index contributed by atoms with van der Waals surface area (Å²) < 4.78 is 13.3. The molecular formula is C17H19ClFN. The van der Waals surface area contributed by atoms with E-state index in [1.54, 1.807) is 12.1 Å². The van der Waals surface area contributed by atoms with E-state index in [9.17, 15) is 4.39 Å². The highest BCUT2D eigenvalue weighted by molar-refractivity contribution is 6.31. The van der Waals surface area contributed by atoms with Crippen molar-refractivity contribution in [3.8, 4) is 0 Å². The minimum Gasteiger partial charge on any atom is -0.303 e. The molecule has 3 heteroatoms. The summed E-state index contributed by atoms with van der Waals surface area (Å²) >= 11 is 6.22. The monoisotopic (exact) mass is 291 g/mol. The minimum atomic E-state index is -0.201.